The summed E-state index contributed by atoms with van der Waals surface area (Å²) in [6.45, 7) is 2.29. The van der Waals surface area contributed by atoms with Gasteiger partial charge in [-0.25, -0.2) is 9.18 Å². The average molecular weight is 408 g/mol. The van der Waals surface area contributed by atoms with Crippen LogP contribution in [0.2, 0.25) is 0 Å². The number of H-pyrrole nitrogens is 1. The fourth-order valence-electron chi connectivity index (χ4n) is 3.84. The van der Waals surface area contributed by atoms with Gasteiger partial charge in [-0.3, -0.25) is 4.79 Å². The van der Waals surface area contributed by atoms with Crippen molar-refractivity contribution in [2.45, 2.75) is 32.4 Å². The second-order valence-corrected chi connectivity index (χ2v) is 7.60. The van der Waals surface area contributed by atoms with Crippen molar-refractivity contribution < 1.29 is 14.0 Å². The minimum Gasteiger partial charge on any atom is -0.361 e. The number of rotatable bonds is 7. The van der Waals surface area contributed by atoms with E-state index in [0.29, 0.717) is 32.5 Å². The third kappa shape index (κ3) is 4.79. The van der Waals surface area contributed by atoms with Gasteiger partial charge in [-0.15, -0.1) is 0 Å². The van der Waals surface area contributed by atoms with Crippen LogP contribution >= 0.6 is 0 Å². The molecular weight excluding hydrogens is 383 g/mol. The van der Waals surface area contributed by atoms with Crippen LogP contribution in [0.5, 0.6) is 0 Å². The first-order valence-electron chi connectivity index (χ1n) is 10.2. The van der Waals surface area contributed by atoms with Gasteiger partial charge in [-0.2, -0.15) is 0 Å². The van der Waals surface area contributed by atoms with Gasteiger partial charge in [-0.05, 0) is 47.7 Å². The fraction of sp³-hybridized carbons (Fsp3) is 0.304. The predicted octanol–water partition coefficient (Wildman–Crippen LogP) is 3.47. The van der Waals surface area contributed by atoms with Gasteiger partial charge < -0.3 is 20.5 Å². The van der Waals surface area contributed by atoms with Gasteiger partial charge in [-0.1, -0.05) is 24.3 Å². The van der Waals surface area contributed by atoms with Crippen LogP contribution < -0.4 is 10.6 Å². The lowest BCUT2D eigenvalue weighted by Gasteiger charge is -2.16. The third-order valence-corrected chi connectivity index (χ3v) is 5.40. The largest absolute Gasteiger partial charge is 0.361 e. The van der Waals surface area contributed by atoms with Gasteiger partial charge in [0.1, 0.15) is 5.82 Å². The first-order chi connectivity index (χ1) is 14.6. The monoisotopic (exact) mass is 408 g/mol. The number of hydrogen-bond donors (Lipinski definition) is 3. The van der Waals surface area contributed by atoms with E-state index >= 15 is 0 Å². The standard InChI is InChI=1S/C23H25FN4O2/c24-19-6-7-21-20(12-19)18(14-26-21)8-9-25-23(30)27-13-16-3-1-4-17(11-16)15-28-10-2-5-22(28)29/h1,3-4,6-7,11-12,14,26H,2,5,8-10,13,15H2,(H2,25,27,30). The Kier molecular flexibility index (Phi) is 5.97. The second-order valence-electron chi connectivity index (χ2n) is 7.60. The lowest BCUT2D eigenvalue weighted by Crippen LogP contribution is -2.36. The molecule has 0 saturated carbocycles. The molecule has 1 saturated heterocycles. The highest BCUT2D eigenvalue weighted by molar-refractivity contribution is 5.83. The van der Waals surface area contributed by atoms with Crippen molar-refractivity contribution in [1.82, 2.24) is 20.5 Å². The van der Waals surface area contributed by atoms with E-state index in [9.17, 15) is 14.0 Å². The van der Waals surface area contributed by atoms with Gasteiger partial charge in [0.15, 0.2) is 0 Å². The summed E-state index contributed by atoms with van der Waals surface area (Å²) in [4.78, 5) is 28.9. The number of hydrogen-bond acceptors (Lipinski definition) is 2. The molecule has 0 spiro atoms. The Labute approximate surface area is 174 Å². The maximum atomic E-state index is 13.5. The Morgan fingerprint density at radius 3 is 2.83 bits per heavy atom. The SMILES string of the molecule is O=C(NCCc1c[nH]c2ccc(F)cc12)NCc1cccc(CN2CCCC2=O)c1. The summed E-state index contributed by atoms with van der Waals surface area (Å²) in [5, 5.41) is 6.53. The Bertz CT molecular complexity index is 1060. The Hall–Kier alpha value is -3.35. The van der Waals surface area contributed by atoms with E-state index in [1.807, 2.05) is 35.4 Å². The molecule has 2 heterocycles. The molecule has 156 valence electrons. The molecular formula is C23H25FN4O2. The summed E-state index contributed by atoms with van der Waals surface area (Å²) in [5.74, 6) is -0.0683. The van der Waals surface area contributed by atoms with E-state index < -0.39 is 0 Å². The number of aromatic amines is 1. The number of carbonyl (C=O) groups excluding carboxylic acids is 2. The minimum absolute atomic E-state index is 0.204. The van der Waals surface area contributed by atoms with Crippen LogP contribution in [0.3, 0.4) is 0 Å². The maximum absolute atomic E-state index is 13.5. The summed E-state index contributed by atoms with van der Waals surface area (Å²) >= 11 is 0. The molecule has 0 atom stereocenters. The molecule has 30 heavy (non-hydrogen) atoms. The smallest absolute Gasteiger partial charge is 0.315 e. The number of likely N-dealkylation sites (tertiary alicyclic amines) is 1. The summed E-state index contributed by atoms with van der Waals surface area (Å²) in [6, 6.07) is 12.3. The van der Waals surface area contributed by atoms with Crippen molar-refractivity contribution in [3.8, 4) is 0 Å². The Morgan fingerprint density at radius 1 is 1.13 bits per heavy atom. The first-order valence-corrected chi connectivity index (χ1v) is 10.2. The molecule has 4 rings (SSSR count). The summed E-state index contributed by atoms with van der Waals surface area (Å²) in [5.41, 5.74) is 3.90. The predicted molar refractivity (Wildman–Crippen MR) is 113 cm³/mol. The third-order valence-electron chi connectivity index (χ3n) is 5.40. The van der Waals surface area contributed by atoms with Crippen molar-refractivity contribution in [2.75, 3.05) is 13.1 Å². The molecule has 0 unspecified atom stereocenters. The fourth-order valence-corrected chi connectivity index (χ4v) is 3.84. The van der Waals surface area contributed by atoms with E-state index in [4.69, 9.17) is 0 Å². The zero-order valence-electron chi connectivity index (χ0n) is 16.7. The average Bonchev–Trinajstić information content (AvgIpc) is 3.33. The van der Waals surface area contributed by atoms with E-state index in [0.717, 1.165) is 40.6 Å². The number of aromatic nitrogens is 1. The number of amides is 3. The Morgan fingerprint density at radius 2 is 2.00 bits per heavy atom. The minimum atomic E-state index is -0.273. The van der Waals surface area contributed by atoms with Gasteiger partial charge in [0, 0.05) is 49.7 Å². The number of benzene rings is 2. The van der Waals surface area contributed by atoms with Crippen LogP contribution in [0.1, 0.15) is 29.5 Å². The molecule has 3 amide bonds. The van der Waals surface area contributed by atoms with E-state index in [1.54, 1.807) is 6.07 Å². The van der Waals surface area contributed by atoms with Crippen molar-refractivity contribution in [2.24, 2.45) is 0 Å². The van der Waals surface area contributed by atoms with Gasteiger partial charge in [0.05, 0.1) is 0 Å². The van der Waals surface area contributed by atoms with Crippen LogP contribution in [-0.2, 0) is 24.3 Å². The molecule has 0 bridgehead atoms. The Balaban J connectivity index is 1.24. The van der Waals surface area contributed by atoms with Gasteiger partial charge in [0.25, 0.3) is 0 Å². The van der Waals surface area contributed by atoms with Crippen molar-refractivity contribution in [3.05, 3.63) is 71.2 Å². The molecule has 6 nitrogen and oxygen atoms in total. The first kappa shape index (κ1) is 19.9. The summed E-state index contributed by atoms with van der Waals surface area (Å²) in [7, 11) is 0. The van der Waals surface area contributed by atoms with Gasteiger partial charge in [0.2, 0.25) is 5.91 Å². The normalized spacial score (nSPS) is 13.8. The quantitative estimate of drug-likeness (QED) is 0.560. The maximum Gasteiger partial charge on any atom is 0.315 e. The molecule has 1 aromatic heterocycles. The highest BCUT2D eigenvalue weighted by Crippen LogP contribution is 2.19. The number of carbonyl (C=O) groups is 2. The number of fused-ring (bicyclic) bond motifs is 1. The van der Waals surface area contributed by atoms with Gasteiger partial charge >= 0.3 is 6.03 Å². The highest BCUT2D eigenvalue weighted by atomic mass is 19.1. The molecule has 0 radical (unpaired) electrons. The van der Waals surface area contributed by atoms with E-state index in [2.05, 4.69) is 15.6 Å². The van der Waals surface area contributed by atoms with E-state index in [-0.39, 0.29) is 17.8 Å². The lowest BCUT2D eigenvalue weighted by molar-refractivity contribution is -0.128. The van der Waals surface area contributed by atoms with Crippen molar-refractivity contribution >= 4 is 22.8 Å². The molecule has 0 aliphatic carbocycles. The van der Waals surface area contributed by atoms with Crippen LogP contribution in [0.25, 0.3) is 10.9 Å². The molecule has 3 aromatic rings. The number of urea groups is 1. The molecule has 3 N–H and O–H groups in total. The van der Waals surface area contributed by atoms with Crippen molar-refractivity contribution in [1.29, 1.82) is 0 Å². The molecule has 7 heteroatoms. The molecule has 1 aliphatic rings. The lowest BCUT2D eigenvalue weighted by atomic mass is 10.1. The zero-order valence-corrected chi connectivity index (χ0v) is 16.7. The van der Waals surface area contributed by atoms with Crippen LogP contribution in [-0.4, -0.2) is 34.9 Å². The van der Waals surface area contributed by atoms with Crippen LogP contribution in [0.15, 0.2) is 48.7 Å². The topological polar surface area (TPSA) is 77.2 Å². The summed E-state index contributed by atoms with van der Waals surface area (Å²) < 4.78 is 13.5. The molecule has 1 fully saturated rings. The van der Waals surface area contributed by atoms with Crippen LogP contribution in [0.4, 0.5) is 9.18 Å². The molecule has 1 aliphatic heterocycles. The number of nitrogens with one attached hydrogen (secondary N) is 3. The second kappa shape index (κ2) is 8.98. The number of nitrogens with zero attached hydrogens (tertiary/aromatic N) is 1. The van der Waals surface area contributed by atoms with E-state index in [1.165, 1.54) is 12.1 Å². The number of halogens is 1. The summed E-state index contributed by atoms with van der Waals surface area (Å²) in [6.07, 6.45) is 4.01. The van der Waals surface area contributed by atoms with Crippen LogP contribution in [0, 0.1) is 5.82 Å². The zero-order chi connectivity index (χ0) is 20.9. The molecule has 2 aromatic carbocycles. The highest BCUT2D eigenvalue weighted by Gasteiger charge is 2.19. The van der Waals surface area contributed by atoms with Crippen molar-refractivity contribution in [3.63, 3.8) is 0 Å².